The van der Waals surface area contributed by atoms with Crippen LogP contribution < -0.4 is 4.74 Å². The Kier molecular flexibility index (Phi) is 4.61. The number of hydrogen-bond acceptors (Lipinski definition) is 3. The lowest BCUT2D eigenvalue weighted by Crippen LogP contribution is -2.56. The second kappa shape index (κ2) is 6.70. The van der Waals surface area contributed by atoms with Crippen molar-refractivity contribution < 1.29 is 27.1 Å². The molecule has 3 rings (SSSR count). The first-order valence-electron chi connectivity index (χ1n) is 7.53. The quantitative estimate of drug-likeness (QED) is 0.793. The van der Waals surface area contributed by atoms with E-state index in [1.165, 1.54) is 29.2 Å². The Bertz CT molecular complexity index is 756. The Morgan fingerprint density at radius 1 is 1.20 bits per heavy atom. The van der Waals surface area contributed by atoms with Crippen molar-refractivity contribution in [2.24, 2.45) is 0 Å². The lowest BCUT2D eigenvalue weighted by atomic mass is 10.1. The molecule has 0 saturated carbocycles. The number of likely N-dealkylation sites (tertiary alicyclic amines) is 1. The van der Waals surface area contributed by atoms with Crippen molar-refractivity contribution in [2.45, 2.75) is 18.7 Å². The van der Waals surface area contributed by atoms with Crippen LogP contribution in [0, 0.1) is 5.82 Å². The van der Waals surface area contributed by atoms with Gasteiger partial charge < -0.3 is 9.64 Å². The molecule has 1 aromatic carbocycles. The molecule has 132 valence electrons. The third-order valence-corrected chi connectivity index (χ3v) is 3.82. The Morgan fingerprint density at radius 2 is 1.88 bits per heavy atom. The molecule has 0 bridgehead atoms. The highest BCUT2D eigenvalue weighted by atomic mass is 19.4. The number of rotatable bonds is 4. The maximum Gasteiger partial charge on any atom is 0.416 e. The van der Waals surface area contributed by atoms with Crippen LogP contribution in [0.4, 0.5) is 17.6 Å². The van der Waals surface area contributed by atoms with Gasteiger partial charge in [-0.15, -0.1) is 0 Å². The van der Waals surface area contributed by atoms with Gasteiger partial charge in [-0.3, -0.25) is 4.79 Å². The van der Waals surface area contributed by atoms with Gasteiger partial charge in [0.25, 0.3) is 0 Å². The van der Waals surface area contributed by atoms with Gasteiger partial charge in [-0.25, -0.2) is 9.37 Å². The van der Waals surface area contributed by atoms with E-state index in [0.29, 0.717) is 5.56 Å². The van der Waals surface area contributed by atoms with Crippen LogP contribution in [0.5, 0.6) is 5.88 Å². The summed E-state index contributed by atoms with van der Waals surface area (Å²) in [6.45, 7) is 0.551. The van der Waals surface area contributed by atoms with Crippen LogP contribution >= 0.6 is 0 Å². The van der Waals surface area contributed by atoms with Crippen LogP contribution in [0.15, 0.2) is 42.6 Å². The van der Waals surface area contributed by atoms with Gasteiger partial charge in [-0.2, -0.15) is 13.2 Å². The highest BCUT2D eigenvalue weighted by Gasteiger charge is 2.34. The molecule has 0 atom stereocenters. The third kappa shape index (κ3) is 4.26. The smallest absolute Gasteiger partial charge is 0.416 e. The zero-order valence-electron chi connectivity index (χ0n) is 13.0. The fourth-order valence-corrected chi connectivity index (χ4v) is 2.43. The topological polar surface area (TPSA) is 42.4 Å². The normalized spacial score (nSPS) is 15.0. The number of amides is 1. The molecular formula is C17H14F4N2O2. The molecule has 1 saturated heterocycles. The number of benzene rings is 1. The molecule has 8 heteroatoms. The molecule has 0 spiro atoms. The van der Waals surface area contributed by atoms with Crippen LogP contribution in [0.2, 0.25) is 0 Å². The molecule has 2 heterocycles. The first-order valence-corrected chi connectivity index (χ1v) is 7.53. The summed E-state index contributed by atoms with van der Waals surface area (Å²) in [6, 6.07) is 7.34. The number of alkyl halides is 3. The Balaban J connectivity index is 1.51. The minimum absolute atomic E-state index is 0.120. The number of hydrogen-bond donors (Lipinski definition) is 0. The molecule has 1 aliphatic rings. The number of ether oxygens (including phenoxy) is 1. The second-order valence-corrected chi connectivity index (χ2v) is 5.72. The van der Waals surface area contributed by atoms with Crippen LogP contribution in [0.1, 0.15) is 11.1 Å². The largest absolute Gasteiger partial charge is 0.471 e. The van der Waals surface area contributed by atoms with E-state index in [9.17, 15) is 22.4 Å². The summed E-state index contributed by atoms with van der Waals surface area (Å²) in [5.41, 5.74) is -0.142. The molecule has 0 radical (unpaired) electrons. The second-order valence-electron chi connectivity index (χ2n) is 5.72. The molecule has 1 amide bonds. The van der Waals surface area contributed by atoms with Crippen LogP contribution in [0.25, 0.3) is 0 Å². The molecule has 1 aromatic heterocycles. The van der Waals surface area contributed by atoms with Gasteiger partial charge in [-0.05, 0) is 23.8 Å². The number of halogens is 4. The average Bonchev–Trinajstić information content (AvgIpc) is 2.52. The standard InChI is InChI=1S/C17H14F4N2O2/c18-13-3-1-11(2-4-13)7-16(24)23-9-14(10-23)25-15-8-12(5-6-22-15)17(19,20)21/h1-6,8,14H,7,9-10H2. The van der Waals surface area contributed by atoms with Gasteiger partial charge in [0, 0.05) is 12.3 Å². The van der Waals surface area contributed by atoms with E-state index in [4.69, 9.17) is 4.74 Å². The fraction of sp³-hybridized carbons (Fsp3) is 0.294. The minimum atomic E-state index is -4.46. The summed E-state index contributed by atoms with van der Waals surface area (Å²) in [5.74, 6) is -0.642. The van der Waals surface area contributed by atoms with E-state index in [1.54, 1.807) is 0 Å². The summed E-state index contributed by atoms with van der Waals surface area (Å²) in [6.07, 6.45) is -3.69. The molecule has 25 heavy (non-hydrogen) atoms. The first-order chi connectivity index (χ1) is 11.8. The van der Waals surface area contributed by atoms with Crippen molar-refractivity contribution in [1.29, 1.82) is 0 Å². The molecule has 2 aromatic rings. The predicted molar refractivity (Wildman–Crippen MR) is 80.3 cm³/mol. The number of aromatic nitrogens is 1. The zero-order chi connectivity index (χ0) is 18.0. The average molecular weight is 354 g/mol. The highest BCUT2D eigenvalue weighted by Crippen LogP contribution is 2.31. The van der Waals surface area contributed by atoms with Gasteiger partial charge in [-0.1, -0.05) is 12.1 Å². The van der Waals surface area contributed by atoms with Crippen molar-refractivity contribution in [3.8, 4) is 5.88 Å². The van der Waals surface area contributed by atoms with Crippen molar-refractivity contribution >= 4 is 5.91 Å². The maximum absolute atomic E-state index is 12.8. The van der Waals surface area contributed by atoms with E-state index in [1.807, 2.05) is 0 Å². The number of pyridine rings is 1. The van der Waals surface area contributed by atoms with E-state index < -0.39 is 17.8 Å². The lowest BCUT2D eigenvalue weighted by molar-refractivity contribution is -0.139. The molecule has 0 N–H and O–H groups in total. The predicted octanol–water partition coefficient (Wildman–Crippen LogP) is 3.07. The molecule has 0 unspecified atom stereocenters. The monoisotopic (exact) mass is 354 g/mol. The van der Waals surface area contributed by atoms with Gasteiger partial charge in [0.15, 0.2) is 0 Å². The van der Waals surface area contributed by atoms with Crippen LogP contribution in [-0.4, -0.2) is 35.0 Å². The van der Waals surface area contributed by atoms with Gasteiger partial charge in [0.05, 0.1) is 25.1 Å². The van der Waals surface area contributed by atoms with Gasteiger partial charge in [0.2, 0.25) is 11.8 Å². The van der Waals surface area contributed by atoms with E-state index in [-0.39, 0.29) is 37.1 Å². The van der Waals surface area contributed by atoms with Gasteiger partial charge >= 0.3 is 6.18 Å². The molecule has 0 aliphatic carbocycles. The number of carbonyl (C=O) groups is 1. The Labute approximate surface area is 141 Å². The summed E-state index contributed by atoms with van der Waals surface area (Å²) in [5, 5.41) is 0. The van der Waals surface area contributed by atoms with Crippen molar-refractivity contribution in [2.75, 3.05) is 13.1 Å². The summed E-state index contributed by atoms with van der Waals surface area (Å²) < 4.78 is 56.1. The third-order valence-electron chi connectivity index (χ3n) is 3.82. The Morgan fingerprint density at radius 3 is 2.52 bits per heavy atom. The van der Waals surface area contributed by atoms with Crippen molar-refractivity contribution in [3.05, 3.63) is 59.5 Å². The number of carbonyl (C=O) groups excluding carboxylic acids is 1. The molecule has 1 aliphatic heterocycles. The fourth-order valence-electron chi connectivity index (χ4n) is 2.43. The van der Waals surface area contributed by atoms with Crippen molar-refractivity contribution in [1.82, 2.24) is 9.88 Å². The van der Waals surface area contributed by atoms with Crippen LogP contribution in [-0.2, 0) is 17.4 Å². The van der Waals surface area contributed by atoms with E-state index >= 15 is 0 Å². The highest BCUT2D eigenvalue weighted by molar-refractivity contribution is 5.79. The molecule has 1 fully saturated rings. The maximum atomic E-state index is 12.8. The summed E-state index contributed by atoms with van der Waals surface area (Å²) >= 11 is 0. The minimum Gasteiger partial charge on any atom is -0.471 e. The van der Waals surface area contributed by atoms with E-state index in [2.05, 4.69) is 4.98 Å². The summed E-state index contributed by atoms with van der Waals surface area (Å²) in [7, 11) is 0. The lowest BCUT2D eigenvalue weighted by Gasteiger charge is -2.38. The zero-order valence-corrected chi connectivity index (χ0v) is 13.0. The summed E-state index contributed by atoms with van der Waals surface area (Å²) in [4.78, 5) is 17.4. The van der Waals surface area contributed by atoms with Crippen LogP contribution in [0.3, 0.4) is 0 Å². The Hall–Kier alpha value is -2.64. The van der Waals surface area contributed by atoms with Gasteiger partial charge in [0.1, 0.15) is 11.9 Å². The SMILES string of the molecule is O=C(Cc1ccc(F)cc1)N1CC(Oc2cc(C(F)(F)F)ccn2)C1. The molecule has 4 nitrogen and oxygen atoms in total. The molecular weight excluding hydrogens is 340 g/mol. The number of nitrogens with zero attached hydrogens (tertiary/aromatic N) is 2. The van der Waals surface area contributed by atoms with Crippen molar-refractivity contribution in [3.63, 3.8) is 0 Å². The van der Waals surface area contributed by atoms with E-state index in [0.717, 1.165) is 18.3 Å². The first kappa shape index (κ1) is 17.2.